The molecular weight excluding hydrogens is 406 g/mol. The van der Waals surface area contributed by atoms with Crippen molar-refractivity contribution in [2.45, 2.75) is 45.4 Å². The molecule has 31 heavy (non-hydrogen) atoms. The highest BCUT2D eigenvalue weighted by molar-refractivity contribution is 6.30. The van der Waals surface area contributed by atoms with E-state index < -0.39 is 0 Å². The van der Waals surface area contributed by atoms with Crippen LogP contribution in [0.2, 0.25) is 5.02 Å². The average Bonchev–Trinajstić information content (AvgIpc) is 2.78. The number of hydrogen-bond acceptors (Lipinski definition) is 4. The third-order valence-electron chi connectivity index (χ3n) is 5.21. The van der Waals surface area contributed by atoms with Crippen LogP contribution in [0, 0.1) is 11.3 Å². The number of nitrogens with zero attached hydrogens (tertiary/aromatic N) is 2. The van der Waals surface area contributed by atoms with Crippen molar-refractivity contribution < 1.29 is 4.74 Å². The Morgan fingerprint density at radius 2 is 1.71 bits per heavy atom. The molecule has 0 radical (unpaired) electrons. The number of halogens is 1. The van der Waals surface area contributed by atoms with E-state index in [1.165, 1.54) is 32.1 Å². The third-order valence-corrected chi connectivity index (χ3v) is 5.45. The molecule has 1 aromatic heterocycles. The summed E-state index contributed by atoms with van der Waals surface area (Å²) in [5, 5.41) is 10.2. The number of ether oxygens (including phenoxy) is 1. The number of benzene rings is 2. The van der Waals surface area contributed by atoms with Crippen molar-refractivity contribution in [3.63, 3.8) is 0 Å². The Kier molecular flexibility index (Phi) is 8.32. The van der Waals surface area contributed by atoms with Crippen LogP contribution < -0.4 is 10.5 Å². The van der Waals surface area contributed by atoms with Crippen LogP contribution in [0.25, 0.3) is 22.4 Å². The maximum atomic E-state index is 9.63. The second-order valence-electron chi connectivity index (χ2n) is 7.58. The lowest BCUT2D eigenvalue weighted by Crippen LogP contribution is -2.00. The van der Waals surface area contributed by atoms with Gasteiger partial charge in [0.25, 0.3) is 0 Å². The van der Waals surface area contributed by atoms with Crippen LogP contribution in [0.1, 0.15) is 51.0 Å². The molecule has 0 spiro atoms. The molecule has 0 unspecified atom stereocenters. The molecule has 0 amide bonds. The van der Waals surface area contributed by atoms with E-state index in [9.17, 15) is 5.26 Å². The molecule has 0 aliphatic rings. The van der Waals surface area contributed by atoms with E-state index in [0.717, 1.165) is 35.5 Å². The largest absolute Gasteiger partial charge is 0.494 e. The third kappa shape index (κ3) is 6.23. The second-order valence-corrected chi connectivity index (χ2v) is 8.01. The molecule has 4 nitrogen and oxygen atoms in total. The predicted molar refractivity (Wildman–Crippen MR) is 128 cm³/mol. The number of rotatable bonds is 10. The molecule has 160 valence electrons. The Morgan fingerprint density at radius 3 is 2.42 bits per heavy atom. The van der Waals surface area contributed by atoms with Gasteiger partial charge < -0.3 is 10.5 Å². The number of aromatic nitrogens is 1. The standard InChI is InChI=1S/C26H28ClN3O/c1-2-3-4-5-6-7-15-31-22-13-11-19(12-14-22)23-17-25(30-26(29)24(23)18-28)20-9-8-10-21(27)16-20/h8-14,16-17H,2-7,15H2,1H3,(H2,29,30). The van der Waals surface area contributed by atoms with Crippen LogP contribution in [0.3, 0.4) is 0 Å². The molecule has 0 saturated heterocycles. The van der Waals surface area contributed by atoms with Crippen LogP contribution in [-0.4, -0.2) is 11.6 Å². The zero-order chi connectivity index (χ0) is 22.1. The SMILES string of the molecule is CCCCCCCCOc1ccc(-c2cc(-c3cccc(Cl)c3)nc(N)c2C#N)cc1. The molecule has 3 aromatic rings. The van der Waals surface area contributed by atoms with Crippen molar-refractivity contribution in [3.05, 3.63) is 65.2 Å². The molecule has 2 N–H and O–H groups in total. The summed E-state index contributed by atoms with van der Waals surface area (Å²) in [4.78, 5) is 4.41. The Balaban J connectivity index is 1.74. The maximum Gasteiger partial charge on any atom is 0.142 e. The van der Waals surface area contributed by atoms with Gasteiger partial charge in [0, 0.05) is 16.1 Å². The fraction of sp³-hybridized carbons (Fsp3) is 0.308. The van der Waals surface area contributed by atoms with Crippen molar-refractivity contribution in [1.82, 2.24) is 4.98 Å². The molecule has 5 heteroatoms. The van der Waals surface area contributed by atoms with E-state index in [1.54, 1.807) is 0 Å². The van der Waals surface area contributed by atoms with Gasteiger partial charge in [-0.15, -0.1) is 0 Å². The highest BCUT2D eigenvalue weighted by Crippen LogP contribution is 2.32. The monoisotopic (exact) mass is 433 g/mol. The summed E-state index contributed by atoms with van der Waals surface area (Å²) in [6.45, 7) is 2.95. The normalized spacial score (nSPS) is 10.6. The lowest BCUT2D eigenvalue weighted by Gasteiger charge is -2.12. The number of unbranched alkanes of at least 4 members (excludes halogenated alkanes) is 5. The van der Waals surface area contributed by atoms with Crippen molar-refractivity contribution in [3.8, 4) is 34.2 Å². The van der Waals surface area contributed by atoms with Crippen LogP contribution in [0.5, 0.6) is 5.75 Å². The number of anilines is 1. The van der Waals surface area contributed by atoms with Crippen LogP contribution >= 0.6 is 11.6 Å². The molecular formula is C26H28ClN3O. The number of nitrogens with two attached hydrogens (primary N) is 1. The van der Waals surface area contributed by atoms with Gasteiger partial charge in [0.05, 0.1) is 12.3 Å². The minimum absolute atomic E-state index is 0.207. The minimum atomic E-state index is 0.207. The number of nitrogen functional groups attached to an aromatic ring is 1. The van der Waals surface area contributed by atoms with Crippen molar-refractivity contribution in [2.24, 2.45) is 0 Å². The van der Waals surface area contributed by atoms with Gasteiger partial charge in [0.2, 0.25) is 0 Å². The van der Waals surface area contributed by atoms with E-state index in [1.807, 2.05) is 54.6 Å². The fourth-order valence-corrected chi connectivity index (χ4v) is 3.70. The van der Waals surface area contributed by atoms with E-state index in [2.05, 4.69) is 18.0 Å². The fourth-order valence-electron chi connectivity index (χ4n) is 3.51. The van der Waals surface area contributed by atoms with E-state index in [4.69, 9.17) is 22.1 Å². The summed E-state index contributed by atoms with van der Waals surface area (Å²) < 4.78 is 5.87. The molecule has 3 rings (SSSR count). The topological polar surface area (TPSA) is 71.9 Å². The van der Waals surface area contributed by atoms with Gasteiger partial charge in [-0.05, 0) is 42.3 Å². The summed E-state index contributed by atoms with van der Waals surface area (Å²) in [5.41, 5.74) is 9.64. The van der Waals surface area contributed by atoms with Gasteiger partial charge in [-0.1, -0.05) is 74.9 Å². The zero-order valence-corrected chi connectivity index (χ0v) is 18.7. The van der Waals surface area contributed by atoms with Crippen LogP contribution in [-0.2, 0) is 0 Å². The van der Waals surface area contributed by atoms with Gasteiger partial charge in [0.15, 0.2) is 0 Å². The minimum Gasteiger partial charge on any atom is -0.494 e. The Morgan fingerprint density at radius 1 is 0.968 bits per heavy atom. The van der Waals surface area contributed by atoms with E-state index >= 15 is 0 Å². The van der Waals surface area contributed by atoms with Crippen LogP contribution in [0.4, 0.5) is 5.82 Å². The van der Waals surface area contributed by atoms with Gasteiger partial charge in [-0.25, -0.2) is 4.98 Å². The van der Waals surface area contributed by atoms with Crippen molar-refractivity contribution in [2.75, 3.05) is 12.3 Å². The highest BCUT2D eigenvalue weighted by atomic mass is 35.5. The molecule has 0 bridgehead atoms. The smallest absolute Gasteiger partial charge is 0.142 e. The number of hydrogen-bond donors (Lipinski definition) is 1. The maximum absolute atomic E-state index is 9.63. The summed E-state index contributed by atoms with van der Waals surface area (Å²) in [7, 11) is 0. The van der Waals surface area contributed by atoms with Crippen molar-refractivity contribution in [1.29, 1.82) is 5.26 Å². The van der Waals surface area contributed by atoms with Gasteiger partial charge in [0.1, 0.15) is 23.2 Å². The molecule has 0 atom stereocenters. The average molecular weight is 434 g/mol. The molecule has 0 saturated carbocycles. The Bertz CT molecular complexity index is 1040. The van der Waals surface area contributed by atoms with E-state index in [-0.39, 0.29) is 5.82 Å². The lowest BCUT2D eigenvalue weighted by molar-refractivity contribution is 0.304. The number of nitriles is 1. The highest BCUT2D eigenvalue weighted by Gasteiger charge is 2.14. The first-order valence-corrected chi connectivity index (χ1v) is 11.2. The molecule has 1 heterocycles. The second kappa shape index (κ2) is 11.4. The summed E-state index contributed by atoms with van der Waals surface area (Å²) in [6.07, 6.45) is 7.41. The summed E-state index contributed by atoms with van der Waals surface area (Å²) in [5.74, 6) is 1.03. The van der Waals surface area contributed by atoms with Crippen molar-refractivity contribution >= 4 is 17.4 Å². The first-order valence-electron chi connectivity index (χ1n) is 10.8. The summed E-state index contributed by atoms with van der Waals surface area (Å²) in [6, 6.07) is 19.3. The summed E-state index contributed by atoms with van der Waals surface area (Å²) >= 11 is 6.13. The van der Waals surface area contributed by atoms with Gasteiger partial charge >= 0.3 is 0 Å². The van der Waals surface area contributed by atoms with Gasteiger partial charge in [-0.3, -0.25) is 0 Å². The van der Waals surface area contributed by atoms with Gasteiger partial charge in [-0.2, -0.15) is 5.26 Å². The van der Waals surface area contributed by atoms with Crippen LogP contribution in [0.15, 0.2) is 54.6 Å². The lowest BCUT2D eigenvalue weighted by atomic mass is 9.98. The molecule has 0 aliphatic carbocycles. The Hall–Kier alpha value is -3.03. The predicted octanol–water partition coefficient (Wildman–Crippen LogP) is 7.26. The first kappa shape index (κ1) is 22.7. The van der Waals surface area contributed by atoms with E-state index in [0.29, 0.717) is 16.3 Å². The number of pyridine rings is 1. The Labute approximate surface area is 189 Å². The first-order chi connectivity index (χ1) is 15.1. The molecule has 0 aliphatic heterocycles. The zero-order valence-electron chi connectivity index (χ0n) is 17.9. The quantitative estimate of drug-likeness (QED) is 0.341. The molecule has 2 aromatic carbocycles. The molecule has 0 fully saturated rings.